The number of hydrogen-bond acceptors (Lipinski definition) is 3. The number of benzene rings is 1. The SMILES string of the molecule is Cl.NC1CCCC(C(=O)NCc2cccc(CO)c2)C1. The molecule has 1 aliphatic carbocycles. The van der Waals surface area contributed by atoms with E-state index in [9.17, 15) is 4.79 Å². The van der Waals surface area contributed by atoms with Crippen molar-refractivity contribution in [1.29, 1.82) is 0 Å². The number of nitrogens with one attached hydrogen (secondary N) is 1. The summed E-state index contributed by atoms with van der Waals surface area (Å²) in [5.41, 5.74) is 7.78. The lowest BCUT2D eigenvalue weighted by Crippen LogP contribution is -2.37. The van der Waals surface area contributed by atoms with Crippen molar-refractivity contribution in [1.82, 2.24) is 5.32 Å². The fourth-order valence-electron chi connectivity index (χ4n) is 2.64. The second-order valence-corrected chi connectivity index (χ2v) is 5.32. The summed E-state index contributed by atoms with van der Waals surface area (Å²) in [6, 6.07) is 7.79. The zero-order valence-corrected chi connectivity index (χ0v) is 12.4. The molecule has 0 saturated heterocycles. The first-order valence-corrected chi connectivity index (χ1v) is 6.91. The summed E-state index contributed by atoms with van der Waals surface area (Å²) < 4.78 is 0. The molecule has 0 aromatic heterocycles. The standard InChI is InChI=1S/C15H22N2O2.ClH/c16-14-6-2-5-13(8-14)15(19)17-9-11-3-1-4-12(7-11)10-18;/h1,3-4,7,13-14,18H,2,5-6,8-10,16H2,(H,17,19);1H. The maximum atomic E-state index is 12.1. The van der Waals surface area contributed by atoms with E-state index in [1.165, 1.54) is 0 Å². The van der Waals surface area contributed by atoms with Crippen LogP contribution in [0.5, 0.6) is 0 Å². The predicted octanol–water partition coefficient (Wildman–Crippen LogP) is 1.73. The summed E-state index contributed by atoms with van der Waals surface area (Å²) in [7, 11) is 0. The van der Waals surface area contributed by atoms with Crippen LogP contribution in [-0.4, -0.2) is 17.1 Å². The molecule has 2 rings (SSSR count). The van der Waals surface area contributed by atoms with E-state index in [0.717, 1.165) is 36.8 Å². The van der Waals surface area contributed by atoms with Gasteiger partial charge in [-0.05, 0) is 30.4 Å². The Bertz CT molecular complexity index is 440. The summed E-state index contributed by atoms with van der Waals surface area (Å²) in [6.45, 7) is 0.539. The van der Waals surface area contributed by atoms with Gasteiger partial charge in [0.25, 0.3) is 0 Å². The first kappa shape index (κ1) is 17.0. The molecule has 0 spiro atoms. The minimum absolute atomic E-state index is 0. The largest absolute Gasteiger partial charge is 0.392 e. The summed E-state index contributed by atoms with van der Waals surface area (Å²) in [4.78, 5) is 12.1. The van der Waals surface area contributed by atoms with Crippen LogP contribution in [0.4, 0.5) is 0 Å². The van der Waals surface area contributed by atoms with Crippen LogP contribution in [0.2, 0.25) is 0 Å². The summed E-state index contributed by atoms with van der Waals surface area (Å²) in [6.07, 6.45) is 3.81. The number of nitrogens with two attached hydrogens (primary N) is 1. The maximum Gasteiger partial charge on any atom is 0.223 e. The van der Waals surface area contributed by atoms with E-state index in [1.54, 1.807) is 0 Å². The van der Waals surface area contributed by atoms with Crippen LogP contribution in [-0.2, 0) is 17.9 Å². The van der Waals surface area contributed by atoms with Crippen LogP contribution in [0.1, 0.15) is 36.8 Å². The van der Waals surface area contributed by atoms with Crippen molar-refractivity contribution in [3.05, 3.63) is 35.4 Å². The average molecular weight is 299 g/mol. The Morgan fingerprint density at radius 1 is 1.35 bits per heavy atom. The normalized spacial score (nSPS) is 21.9. The summed E-state index contributed by atoms with van der Waals surface area (Å²) in [5, 5.41) is 12.0. The topological polar surface area (TPSA) is 75.4 Å². The van der Waals surface area contributed by atoms with Crippen molar-refractivity contribution in [3.63, 3.8) is 0 Å². The van der Waals surface area contributed by atoms with Gasteiger partial charge in [0, 0.05) is 18.5 Å². The summed E-state index contributed by atoms with van der Waals surface area (Å²) in [5.74, 6) is 0.161. The van der Waals surface area contributed by atoms with Crippen molar-refractivity contribution < 1.29 is 9.90 Å². The van der Waals surface area contributed by atoms with Crippen molar-refractivity contribution in [2.75, 3.05) is 0 Å². The molecule has 2 unspecified atom stereocenters. The number of hydrogen-bond donors (Lipinski definition) is 3. The van der Waals surface area contributed by atoms with Crippen molar-refractivity contribution in [2.45, 2.75) is 44.9 Å². The monoisotopic (exact) mass is 298 g/mol. The minimum atomic E-state index is 0. The number of rotatable bonds is 4. The molecule has 4 nitrogen and oxygen atoms in total. The number of amides is 1. The second-order valence-electron chi connectivity index (χ2n) is 5.32. The zero-order valence-electron chi connectivity index (χ0n) is 11.5. The molecule has 0 aliphatic heterocycles. The van der Waals surface area contributed by atoms with Crippen LogP contribution in [0, 0.1) is 5.92 Å². The van der Waals surface area contributed by atoms with E-state index in [2.05, 4.69) is 5.32 Å². The molecule has 20 heavy (non-hydrogen) atoms. The molecule has 4 N–H and O–H groups in total. The predicted molar refractivity (Wildman–Crippen MR) is 81.4 cm³/mol. The first-order chi connectivity index (χ1) is 9.19. The van der Waals surface area contributed by atoms with Crippen LogP contribution >= 0.6 is 12.4 Å². The Morgan fingerprint density at radius 3 is 2.80 bits per heavy atom. The fourth-order valence-corrected chi connectivity index (χ4v) is 2.64. The lowest BCUT2D eigenvalue weighted by molar-refractivity contribution is -0.126. The molecule has 0 heterocycles. The van der Waals surface area contributed by atoms with Crippen LogP contribution in [0.25, 0.3) is 0 Å². The Morgan fingerprint density at radius 2 is 2.10 bits per heavy atom. The molecule has 1 aliphatic rings. The van der Waals surface area contributed by atoms with Gasteiger partial charge < -0.3 is 16.2 Å². The third-order valence-corrected chi connectivity index (χ3v) is 3.73. The molecular formula is C15H23ClN2O2. The number of aliphatic hydroxyl groups is 1. The second kappa shape index (κ2) is 8.25. The van der Waals surface area contributed by atoms with Gasteiger partial charge >= 0.3 is 0 Å². The van der Waals surface area contributed by atoms with Gasteiger partial charge in [-0.1, -0.05) is 30.7 Å². The van der Waals surface area contributed by atoms with Gasteiger partial charge in [0.1, 0.15) is 0 Å². The molecule has 1 fully saturated rings. The quantitative estimate of drug-likeness (QED) is 0.792. The molecule has 5 heteroatoms. The lowest BCUT2D eigenvalue weighted by Gasteiger charge is -2.25. The highest BCUT2D eigenvalue weighted by Gasteiger charge is 2.24. The van der Waals surface area contributed by atoms with E-state index < -0.39 is 0 Å². The van der Waals surface area contributed by atoms with E-state index in [-0.39, 0.29) is 36.9 Å². The Labute approximate surface area is 126 Å². The van der Waals surface area contributed by atoms with Gasteiger partial charge in [-0.3, -0.25) is 4.79 Å². The van der Waals surface area contributed by atoms with E-state index in [4.69, 9.17) is 10.8 Å². The van der Waals surface area contributed by atoms with Crippen molar-refractivity contribution in [2.24, 2.45) is 11.7 Å². The lowest BCUT2D eigenvalue weighted by atomic mass is 9.85. The molecule has 1 amide bonds. The molecule has 0 radical (unpaired) electrons. The molecular weight excluding hydrogens is 276 g/mol. The van der Waals surface area contributed by atoms with Crippen LogP contribution in [0.15, 0.2) is 24.3 Å². The van der Waals surface area contributed by atoms with Gasteiger partial charge in [0.05, 0.1) is 6.61 Å². The molecule has 1 aromatic rings. The van der Waals surface area contributed by atoms with E-state index in [1.807, 2.05) is 24.3 Å². The van der Waals surface area contributed by atoms with Gasteiger partial charge in [-0.2, -0.15) is 0 Å². The van der Waals surface area contributed by atoms with Gasteiger partial charge in [0.2, 0.25) is 5.91 Å². The van der Waals surface area contributed by atoms with Crippen molar-refractivity contribution in [3.8, 4) is 0 Å². The minimum Gasteiger partial charge on any atom is -0.392 e. The Kier molecular flexibility index (Phi) is 6.99. The van der Waals surface area contributed by atoms with E-state index in [0.29, 0.717) is 6.54 Å². The third kappa shape index (κ3) is 4.78. The highest BCUT2D eigenvalue weighted by atomic mass is 35.5. The van der Waals surface area contributed by atoms with Gasteiger partial charge in [0.15, 0.2) is 0 Å². The third-order valence-electron chi connectivity index (χ3n) is 3.73. The molecule has 0 bridgehead atoms. The highest BCUT2D eigenvalue weighted by molar-refractivity contribution is 5.85. The first-order valence-electron chi connectivity index (χ1n) is 6.91. The highest BCUT2D eigenvalue weighted by Crippen LogP contribution is 2.23. The molecule has 1 saturated carbocycles. The summed E-state index contributed by atoms with van der Waals surface area (Å²) >= 11 is 0. The Hall–Kier alpha value is -1.10. The van der Waals surface area contributed by atoms with Gasteiger partial charge in [-0.25, -0.2) is 0 Å². The maximum absolute atomic E-state index is 12.1. The molecule has 2 atom stereocenters. The van der Waals surface area contributed by atoms with E-state index >= 15 is 0 Å². The smallest absolute Gasteiger partial charge is 0.223 e. The zero-order chi connectivity index (χ0) is 13.7. The number of carbonyl (C=O) groups excluding carboxylic acids is 1. The van der Waals surface area contributed by atoms with Crippen molar-refractivity contribution >= 4 is 18.3 Å². The fraction of sp³-hybridized carbons (Fsp3) is 0.533. The Balaban J connectivity index is 0.00000200. The number of carbonyl (C=O) groups is 1. The molecule has 1 aromatic carbocycles. The van der Waals surface area contributed by atoms with Crippen LogP contribution < -0.4 is 11.1 Å². The van der Waals surface area contributed by atoms with Gasteiger partial charge in [-0.15, -0.1) is 12.4 Å². The average Bonchev–Trinajstić information content (AvgIpc) is 2.45. The number of halogens is 1. The number of aliphatic hydroxyl groups excluding tert-OH is 1. The van der Waals surface area contributed by atoms with Crippen LogP contribution in [0.3, 0.4) is 0 Å². The molecule has 112 valence electrons.